The molecule has 28 heavy (non-hydrogen) atoms. The molecule has 2 nitrogen and oxygen atoms in total. The third-order valence-corrected chi connectivity index (χ3v) is 6.30. The van der Waals surface area contributed by atoms with E-state index < -0.39 is 0 Å². The summed E-state index contributed by atoms with van der Waals surface area (Å²) in [4.78, 5) is 3.95. The van der Waals surface area contributed by atoms with Crippen LogP contribution in [-0.4, -0.2) is 37.6 Å². The minimum atomic E-state index is 0.690. The molecule has 0 radical (unpaired) electrons. The van der Waals surface area contributed by atoms with Gasteiger partial charge in [0, 0.05) is 26.2 Å². The first-order valence-corrected chi connectivity index (χ1v) is 11.5. The number of aryl methyl sites for hydroxylation is 1. The molecule has 0 spiro atoms. The molecule has 3 heteroatoms. The van der Waals surface area contributed by atoms with Crippen molar-refractivity contribution < 1.29 is 0 Å². The van der Waals surface area contributed by atoms with Crippen LogP contribution in [0.15, 0.2) is 52.0 Å². The van der Waals surface area contributed by atoms with Gasteiger partial charge in [0.15, 0.2) is 0 Å². The van der Waals surface area contributed by atoms with Gasteiger partial charge in [-0.3, -0.25) is 0 Å². The number of piperazine rings is 1. The highest BCUT2D eigenvalue weighted by Crippen LogP contribution is 2.38. The molecule has 1 aliphatic heterocycles. The maximum atomic E-state index is 4.80. The molecule has 1 fully saturated rings. The van der Waals surface area contributed by atoms with E-state index >= 15 is 0 Å². The third kappa shape index (κ3) is 7.77. The second-order valence-electron chi connectivity index (χ2n) is 8.48. The number of benzene rings is 1. The Bertz CT molecular complexity index is 638. The van der Waals surface area contributed by atoms with E-state index in [1.54, 1.807) is 11.1 Å². The lowest BCUT2D eigenvalue weighted by Gasteiger charge is -2.29. The zero-order chi connectivity index (χ0) is 20.4. The molecule has 1 heterocycles. The van der Waals surface area contributed by atoms with Crippen molar-refractivity contribution in [1.29, 1.82) is 0 Å². The van der Waals surface area contributed by atoms with Crippen LogP contribution in [0.5, 0.6) is 0 Å². The Morgan fingerprint density at radius 2 is 1.82 bits per heavy atom. The lowest BCUT2D eigenvalue weighted by Crippen LogP contribution is -2.43. The standard InChI is InChI=1S/C18H32N2S.C7H8/c1-14(2)16(18-15(3)6-4-8-17(18)21)7-5-11-20-12-9-19-10-13-20;1-7-5-3-2-4-6-7/h15,19,21H,4-13H2,1-3H3;2-6H,1H3. The fraction of sp³-hybridized carbons (Fsp3) is 0.600. The maximum Gasteiger partial charge on any atom is 0.0107 e. The van der Waals surface area contributed by atoms with Crippen molar-refractivity contribution in [3.63, 3.8) is 0 Å². The summed E-state index contributed by atoms with van der Waals surface area (Å²) in [5, 5.41) is 3.43. The summed E-state index contributed by atoms with van der Waals surface area (Å²) in [6, 6.07) is 10.3. The van der Waals surface area contributed by atoms with Gasteiger partial charge in [-0.25, -0.2) is 0 Å². The minimum Gasteiger partial charge on any atom is -0.314 e. The van der Waals surface area contributed by atoms with E-state index in [1.165, 1.54) is 67.8 Å². The van der Waals surface area contributed by atoms with E-state index in [0.29, 0.717) is 5.92 Å². The van der Waals surface area contributed by atoms with Crippen molar-refractivity contribution in [3.05, 3.63) is 57.5 Å². The quantitative estimate of drug-likeness (QED) is 0.589. The van der Waals surface area contributed by atoms with Crippen molar-refractivity contribution in [3.8, 4) is 0 Å². The smallest absolute Gasteiger partial charge is 0.0107 e. The highest BCUT2D eigenvalue weighted by atomic mass is 32.1. The Balaban J connectivity index is 0.000000336. The molecular weight excluding hydrogens is 360 g/mol. The maximum absolute atomic E-state index is 4.80. The number of hydrogen-bond acceptors (Lipinski definition) is 3. The van der Waals surface area contributed by atoms with Crippen LogP contribution in [0.2, 0.25) is 0 Å². The summed E-state index contributed by atoms with van der Waals surface area (Å²) in [6.07, 6.45) is 6.30. The van der Waals surface area contributed by atoms with Gasteiger partial charge in [0.25, 0.3) is 0 Å². The topological polar surface area (TPSA) is 15.3 Å². The lowest BCUT2D eigenvalue weighted by molar-refractivity contribution is 0.238. The summed E-state index contributed by atoms with van der Waals surface area (Å²) in [6.45, 7) is 15.0. The predicted octanol–water partition coefficient (Wildman–Crippen LogP) is 6.01. The molecule has 3 rings (SSSR count). The first kappa shape index (κ1) is 23.3. The number of rotatable bonds is 5. The monoisotopic (exact) mass is 400 g/mol. The highest BCUT2D eigenvalue weighted by Gasteiger charge is 2.21. The Labute approximate surface area is 178 Å². The van der Waals surface area contributed by atoms with Gasteiger partial charge >= 0.3 is 0 Å². The Morgan fingerprint density at radius 3 is 2.36 bits per heavy atom. The van der Waals surface area contributed by atoms with E-state index in [-0.39, 0.29) is 0 Å². The van der Waals surface area contributed by atoms with E-state index in [2.05, 4.69) is 50.0 Å². The van der Waals surface area contributed by atoms with Crippen molar-refractivity contribution in [2.24, 2.45) is 5.92 Å². The molecule has 1 atom stereocenters. The van der Waals surface area contributed by atoms with E-state index in [0.717, 1.165) is 13.1 Å². The average molecular weight is 401 g/mol. The van der Waals surface area contributed by atoms with Crippen LogP contribution in [0.4, 0.5) is 0 Å². The molecule has 1 aromatic rings. The largest absolute Gasteiger partial charge is 0.314 e. The summed E-state index contributed by atoms with van der Waals surface area (Å²) < 4.78 is 0. The first-order chi connectivity index (χ1) is 13.5. The summed E-state index contributed by atoms with van der Waals surface area (Å²) >= 11 is 4.80. The van der Waals surface area contributed by atoms with Crippen LogP contribution < -0.4 is 5.32 Å². The molecule has 0 saturated carbocycles. The van der Waals surface area contributed by atoms with Crippen molar-refractivity contribution >= 4 is 12.6 Å². The summed E-state index contributed by atoms with van der Waals surface area (Å²) in [5.41, 5.74) is 5.99. The van der Waals surface area contributed by atoms with Gasteiger partial charge in [0.2, 0.25) is 0 Å². The third-order valence-electron chi connectivity index (χ3n) is 5.83. The van der Waals surface area contributed by atoms with Crippen LogP contribution in [0.1, 0.15) is 58.4 Å². The van der Waals surface area contributed by atoms with E-state index in [4.69, 9.17) is 12.6 Å². The number of nitrogens with zero attached hydrogens (tertiary/aromatic N) is 1. The molecule has 1 aliphatic carbocycles. The first-order valence-electron chi connectivity index (χ1n) is 11.0. The summed E-state index contributed by atoms with van der Waals surface area (Å²) in [7, 11) is 0. The molecular formula is C25H40N2S. The minimum absolute atomic E-state index is 0.690. The fourth-order valence-corrected chi connectivity index (χ4v) is 4.73. The molecule has 0 aromatic heterocycles. The van der Waals surface area contributed by atoms with Crippen LogP contribution >= 0.6 is 12.6 Å². The van der Waals surface area contributed by atoms with Crippen LogP contribution in [0.25, 0.3) is 0 Å². The van der Waals surface area contributed by atoms with Gasteiger partial charge in [-0.05, 0) is 81.4 Å². The normalized spacial score (nSPS) is 20.4. The average Bonchev–Trinajstić information content (AvgIpc) is 2.68. The second-order valence-corrected chi connectivity index (χ2v) is 9.02. The van der Waals surface area contributed by atoms with Gasteiger partial charge in [-0.15, -0.1) is 12.6 Å². The fourth-order valence-electron chi connectivity index (χ4n) is 4.21. The Morgan fingerprint density at radius 1 is 1.14 bits per heavy atom. The Kier molecular flexibility index (Phi) is 10.4. The van der Waals surface area contributed by atoms with Crippen molar-refractivity contribution in [2.45, 2.75) is 59.8 Å². The van der Waals surface area contributed by atoms with E-state index in [9.17, 15) is 0 Å². The molecule has 156 valence electrons. The van der Waals surface area contributed by atoms with Gasteiger partial charge < -0.3 is 10.2 Å². The van der Waals surface area contributed by atoms with Crippen LogP contribution in [0, 0.1) is 12.8 Å². The van der Waals surface area contributed by atoms with Gasteiger partial charge in [0.05, 0.1) is 0 Å². The number of allylic oxidation sites excluding steroid dienone is 4. The lowest BCUT2D eigenvalue weighted by atomic mass is 9.81. The predicted molar refractivity (Wildman–Crippen MR) is 127 cm³/mol. The second kappa shape index (κ2) is 12.5. The van der Waals surface area contributed by atoms with Crippen molar-refractivity contribution in [1.82, 2.24) is 10.2 Å². The SMILES string of the molecule is CC(C)=C(CCCN1CCNCC1)C1=C(S)CCCC1C.Cc1ccccc1. The van der Waals surface area contributed by atoms with Crippen LogP contribution in [-0.2, 0) is 0 Å². The van der Waals surface area contributed by atoms with Crippen LogP contribution in [0.3, 0.4) is 0 Å². The molecule has 2 aliphatic rings. The van der Waals surface area contributed by atoms with Gasteiger partial charge in [0.1, 0.15) is 0 Å². The summed E-state index contributed by atoms with van der Waals surface area (Å²) in [5.74, 6) is 0.690. The van der Waals surface area contributed by atoms with Gasteiger partial charge in [-0.1, -0.05) is 48.4 Å². The highest BCUT2D eigenvalue weighted by molar-refractivity contribution is 7.84. The zero-order valence-corrected chi connectivity index (χ0v) is 19.3. The molecule has 1 N–H and O–H groups in total. The van der Waals surface area contributed by atoms with Gasteiger partial charge in [-0.2, -0.15) is 0 Å². The molecule has 0 amide bonds. The number of hydrogen-bond donors (Lipinski definition) is 2. The molecule has 1 saturated heterocycles. The molecule has 1 aromatic carbocycles. The number of nitrogens with one attached hydrogen (secondary N) is 1. The Hall–Kier alpha value is -1.03. The molecule has 1 unspecified atom stereocenters. The zero-order valence-electron chi connectivity index (χ0n) is 18.4. The van der Waals surface area contributed by atoms with Crippen molar-refractivity contribution in [2.75, 3.05) is 32.7 Å². The molecule has 0 bridgehead atoms. The van der Waals surface area contributed by atoms with E-state index in [1.807, 2.05) is 18.2 Å². The number of thiol groups is 1.